The first-order valence-corrected chi connectivity index (χ1v) is 7.76. The van der Waals surface area contributed by atoms with Gasteiger partial charge in [-0.25, -0.2) is 9.97 Å². The third kappa shape index (κ3) is 3.04. The zero-order valence-electron chi connectivity index (χ0n) is 11.8. The molecule has 0 bridgehead atoms. The van der Waals surface area contributed by atoms with E-state index in [1.807, 2.05) is 24.3 Å². The summed E-state index contributed by atoms with van der Waals surface area (Å²) in [5.74, 6) is 2.50. The number of aromatic nitrogens is 2. The van der Waals surface area contributed by atoms with E-state index in [9.17, 15) is 0 Å². The highest BCUT2D eigenvalue weighted by Crippen LogP contribution is 2.29. The number of nitrogens with zero attached hydrogens (tertiary/aromatic N) is 2. The number of para-hydroxylation sites is 1. The maximum atomic E-state index is 6.00. The summed E-state index contributed by atoms with van der Waals surface area (Å²) in [6.07, 6.45) is 5.31. The summed E-state index contributed by atoms with van der Waals surface area (Å²) >= 11 is 6.00. The molecule has 1 aliphatic rings. The summed E-state index contributed by atoms with van der Waals surface area (Å²) in [5.41, 5.74) is 0.896. The summed E-state index contributed by atoms with van der Waals surface area (Å²) in [5, 5.41) is 4.83. The smallest absolute Gasteiger partial charge is 0.224 e. The van der Waals surface area contributed by atoms with Crippen LogP contribution in [0.3, 0.4) is 0 Å². The Morgan fingerprint density at radius 3 is 2.70 bits per heavy atom. The highest BCUT2D eigenvalue weighted by atomic mass is 35.5. The number of hydrogen-bond donors (Lipinski definition) is 1. The van der Waals surface area contributed by atoms with Gasteiger partial charge in [-0.3, -0.25) is 0 Å². The number of anilines is 1. The lowest BCUT2D eigenvalue weighted by molar-refractivity contribution is 0.300. The fourth-order valence-corrected chi connectivity index (χ4v) is 3.13. The molecule has 1 N–H and O–H groups in total. The Labute approximate surface area is 124 Å². The molecule has 106 valence electrons. The normalized spacial score (nSPS) is 22.9. The number of nitrogens with one attached hydrogen (secondary N) is 1. The van der Waals surface area contributed by atoms with Crippen LogP contribution in [0.25, 0.3) is 10.9 Å². The van der Waals surface area contributed by atoms with Crippen LogP contribution in [0.5, 0.6) is 0 Å². The lowest BCUT2D eigenvalue weighted by Gasteiger charge is -2.26. The molecule has 0 amide bonds. The zero-order valence-corrected chi connectivity index (χ0v) is 12.5. The summed E-state index contributed by atoms with van der Waals surface area (Å²) in [4.78, 5) is 8.60. The van der Waals surface area contributed by atoms with Gasteiger partial charge in [0.15, 0.2) is 0 Å². The van der Waals surface area contributed by atoms with Gasteiger partial charge in [0.1, 0.15) is 5.82 Å². The fraction of sp³-hybridized carbons (Fsp3) is 0.500. The van der Waals surface area contributed by atoms with Crippen LogP contribution in [-0.4, -0.2) is 16.5 Å². The van der Waals surface area contributed by atoms with Gasteiger partial charge in [0.2, 0.25) is 5.28 Å². The predicted octanol–water partition coefficient (Wildman–Crippen LogP) is 4.52. The van der Waals surface area contributed by atoms with E-state index in [0.717, 1.165) is 35.1 Å². The molecule has 0 saturated heterocycles. The van der Waals surface area contributed by atoms with Gasteiger partial charge in [0, 0.05) is 11.9 Å². The molecule has 3 rings (SSSR count). The van der Waals surface area contributed by atoms with Crippen molar-refractivity contribution in [3.63, 3.8) is 0 Å². The molecular weight excluding hydrogens is 270 g/mol. The molecule has 1 aromatic carbocycles. The van der Waals surface area contributed by atoms with Crippen molar-refractivity contribution in [3.05, 3.63) is 29.5 Å². The fourth-order valence-electron chi connectivity index (χ4n) is 2.96. The molecule has 0 atom stereocenters. The van der Waals surface area contributed by atoms with E-state index >= 15 is 0 Å². The summed E-state index contributed by atoms with van der Waals surface area (Å²) in [7, 11) is 0. The van der Waals surface area contributed by atoms with E-state index < -0.39 is 0 Å². The minimum Gasteiger partial charge on any atom is -0.369 e. The highest BCUT2D eigenvalue weighted by molar-refractivity contribution is 6.28. The number of rotatable bonds is 3. The number of benzene rings is 1. The quantitative estimate of drug-likeness (QED) is 0.844. The van der Waals surface area contributed by atoms with Crippen molar-refractivity contribution >= 4 is 28.3 Å². The van der Waals surface area contributed by atoms with Crippen LogP contribution in [0.2, 0.25) is 5.28 Å². The van der Waals surface area contributed by atoms with E-state index in [1.54, 1.807) is 0 Å². The first kappa shape index (κ1) is 13.6. The average Bonchev–Trinajstić information content (AvgIpc) is 2.46. The van der Waals surface area contributed by atoms with Crippen LogP contribution < -0.4 is 5.32 Å². The molecule has 0 spiro atoms. The second-order valence-corrected chi connectivity index (χ2v) is 6.20. The van der Waals surface area contributed by atoms with Gasteiger partial charge in [0.25, 0.3) is 0 Å². The molecule has 4 heteroatoms. The maximum Gasteiger partial charge on any atom is 0.224 e. The second kappa shape index (κ2) is 5.96. The minimum absolute atomic E-state index is 0.309. The van der Waals surface area contributed by atoms with Crippen LogP contribution in [0.1, 0.15) is 32.6 Å². The van der Waals surface area contributed by atoms with E-state index in [1.165, 1.54) is 25.7 Å². The molecule has 1 aromatic heterocycles. The molecule has 0 unspecified atom stereocenters. The lowest BCUT2D eigenvalue weighted by atomic mass is 9.83. The Bertz CT molecular complexity index is 591. The predicted molar refractivity (Wildman–Crippen MR) is 84.2 cm³/mol. The van der Waals surface area contributed by atoms with Crippen LogP contribution >= 0.6 is 11.6 Å². The van der Waals surface area contributed by atoms with E-state index in [4.69, 9.17) is 11.6 Å². The van der Waals surface area contributed by atoms with Crippen molar-refractivity contribution in [3.8, 4) is 0 Å². The van der Waals surface area contributed by atoms with Crippen molar-refractivity contribution in [2.75, 3.05) is 11.9 Å². The molecule has 20 heavy (non-hydrogen) atoms. The summed E-state index contributed by atoms with van der Waals surface area (Å²) < 4.78 is 0. The van der Waals surface area contributed by atoms with E-state index in [2.05, 4.69) is 22.2 Å². The van der Waals surface area contributed by atoms with Crippen LogP contribution in [0.4, 0.5) is 5.82 Å². The van der Waals surface area contributed by atoms with Gasteiger partial charge in [0.05, 0.1) is 5.52 Å². The summed E-state index contributed by atoms with van der Waals surface area (Å²) in [6, 6.07) is 7.98. The largest absolute Gasteiger partial charge is 0.369 e. The third-order valence-corrected chi connectivity index (χ3v) is 4.44. The Kier molecular flexibility index (Phi) is 4.06. The van der Waals surface area contributed by atoms with Crippen molar-refractivity contribution in [2.24, 2.45) is 11.8 Å². The topological polar surface area (TPSA) is 37.8 Å². The van der Waals surface area contributed by atoms with Gasteiger partial charge in [-0.15, -0.1) is 0 Å². The molecular formula is C16H20ClN3. The third-order valence-electron chi connectivity index (χ3n) is 4.27. The molecule has 1 saturated carbocycles. The van der Waals surface area contributed by atoms with Crippen molar-refractivity contribution < 1.29 is 0 Å². The van der Waals surface area contributed by atoms with E-state index in [0.29, 0.717) is 5.28 Å². The Morgan fingerprint density at radius 2 is 1.90 bits per heavy atom. The van der Waals surface area contributed by atoms with Crippen LogP contribution in [0, 0.1) is 11.8 Å². The molecule has 0 radical (unpaired) electrons. The molecule has 1 fully saturated rings. The average molecular weight is 290 g/mol. The first-order valence-electron chi connectivity index (χ1n) is 7.38. The highest BCUT2D eigenvalue weighted by Gasteiger charge is 2.18. The Balaban J connectivity index is 1.74. The van der Waals surface area contributed by atoms with Gasteiger partial charge in [-0.2, -0.15) is 0 Å². The number of fused-ring (bicyclic) bond motifs is 1. The molecule has 3 nitrogen and oxygen atoms in total. The zero-order chi connectivity index (χ0) is 13.9. The van der Waals surface area contributed by atoms with Gasteiger partial charge in [-0.05, 0) is 48.4 Å². The standard InChI is InChI=1S/C16H20ClN3/c1-11-6-8-12(9-7-11)10-18-15-13-4-2-3-5-14(13)19-16(17)20-15/h2-5,11-12H,6-10H2,1H3,(H,18,19,20)/t11-,12+. The van der Waals surface area contributed by atoms with Crippen molar-refractivity contribution in [1.82, 2.24) is 9.97 Å². The van der Waals surface area contributed by atoms with Gasteiger partial charge in [-0.1, -0.05) is 31.9 Å². The molecule has 1 aliphatic carbocycles. The number of halogens is 1. The van der Waals surface area contributed by atoms with E-state index in [-0.39, 0.29) is 0 Å². The SMILES string of the molecule is C[C@H]1CC[C@@H](CNc2nc(Cl)nc3ccccc23)CC1. The van der Waals surface area contributed by atoms with Crippen LogP contribution in [-0.2, 0) is 0 Å². The first-order chi connectivity index (χ1) is 9.72. The van der Waals surface area contributed by atoms with Crippen LogP contribution in [0.15, 0.2) is 24.3 Å². The monoisotopic (exact) mass is 289 g/mol. The van der Waals surface area contributed by atoms with Crippen molar-refractivity contribution in [1.29, 1.82) is 0 Å². The molecule has 1 heterocycles. The summed E-state index contributed by atoms with van der Waals surface area (Å²) in [6.45, 7) is 3.32. The number of hydrogen-bond acceptors (Lipinski definition) is 3. The lowest BCUT2D eigenvalue weighted by Crippen LogP contribution is -2.20. The molecule has 2 aromatic rings. The Hall–Kier alpha value is -1.35. The molecule has 0 aliphatic heterocycles. The Morgan fingerprint density at radius 1 is 1.15 bits per heavy atom. The minimum atomic E-state index is 0.309. The second-order valence-electron chi connectivity index (χ2n) is 5.87. The van der Waals surface area contributed by atoms with Gasteiger partial charge < -0.3 is 5.32 Å². The van der Waals surface area contributed by atoms with Crippen molar-refractivity contribution in [2.45, 2.75) is 32.6 Å². The van der Waals surface area contributed by atoms with Gasteiger partial charge >= 0.3 is 0 Å². The maximum absolute atomic E-state index is 6.00.